The molecule has 2 aromatic carbocycles. The van der Waals surface area contributed by atoms with Gasteiger partial charge in [-0.1, -0.05) is 28.1 Å². The Morgan fingerprint density at radius 1 is 0.967 bits per heavy atom. The van der Waals surface area contributed by atoms with Crippen molar-refractivity contribution in [1.29, 1.82) is 0 Å². The van der Waals surface area contributed by atoms with Crippen LogP contribution in [-0.4, -0.2) is 60.6 Å². The van der Waals surface area contributed by atoms with Crippen molar-refractivity contribution in [1.82, 2.24) is 9.03 Å². The molecule has 1 heterocycles. The number of nitrogens with one attached hydrogen (secondary N) is 1. The fraction of sp³-hybridized carbons (Fsp3) is 0.368. The van der Waals surface area contributed by atoms with E-state index in [0.29, 0.717) is 37.6 Å². The summed E-state index contributed by atoms with van der Waals surface area (Å²) in [7, 11) is -7.03. The lowest BCUT2D eigenvalue weighted by Crippen LogP contribution is -2.40. The average Bonchev–Trinajstić information content (AvgIpc) is 2.74. The molecule has 0 saturated carbocycles. The molecule has 8 nitrogen and oxygen atoms in total. The van der Waals surface area contributed by atoms with Gasteiger partial charge in [0.15, 0.2) is 0 Å². The monoisotopic (exact) mass is 518 g/mol. The van der Waals surface area contributed by atoms with Crippen molar-refractivity contribution < 1.29 is 26.3 Å². The third kappa shape index (κ3) is 6.50. The number of benzene rings is 2. The molecule has 3 rings (SSSR count). The topological polar surface area (TPSA) is 102 Å². The zero-order chi connectivity index (χ0) is 21.6. The molecule has 1 aliphatic heterocycles. The molecule has 0 bridgehead atoms. The van der Waals surface area contributed by atoms with Crippen LogP contribution in [0.25, 0.3) is 0 Å². The van der Waals surface area contributed by atoms with Crippen LogP contribution in [0, 0.1) is 0 Å². The molecule has 30 heavy (non-hydrogen) atoms. The summed E-state index contributed by atoms with van der Waals surface area (Å²) in [6.07, 6.45) is 0. The Morgan fingerprint density at radius 3 is 2.23 bits per heavy atom. The van der Waals surface area contributed by atoms with E-state index in [1.54, 1.807) is 36.4 Å². The first kappa shape index (κ1) is 23.2. The second-order valence-electron chi connectivity index (χ2n) is 6.62. The molecule has 0 unspecified atom stereocenters. The number of hydrogen-bond donors (Lipinski definition) is 1. The number of sulfonamides is 2. The van der Waals surface area contributed by atoms with Crippen LogP contribution in [0.3, 0.4) is 0 Å². The van der Waals surface area contributed by atoms with E-state index in [1.807, 2.05) is 0 Å². The van der Waals surface area contributed by atoms with Gasteiger partial charge in [-0.3, -0.25) is 0 Å². The predicted molar refractivity (Wildman–Crippen MR) is 116 cm³/mol. The molecule has 0 amide bonds. The second kappa shape index (κ2) is 10.2. The quantitative estimate of drug-likeness (QED) is 0.509. The van der Waals surface area contributed by atoms with Crippen molar-refractivity contribution >= 4 is 36.0 Å². The molecule has 164 valence electrons. The minimum absolute atomic E-state index is 0.104. The lowest BCUT2D eigenvalue weighted by molar-refractivity contribution is 0.0730. The Morgan fingerprint density at radius 2 is 1.60 bits per heavy atom. The van der Waals surface area contributed by atoms with Gasteiger partial charge in [0.25, 0.3) is 0 Å². The van der Waals surface area contributed by atoms with Crippen LogP contribution in [-0.2, 0) is 30.5 Å². The lowest BCUT2D eigenvalue weighted by Gasteiger charge is -2.26. The van der Waals surface area contributed by atoms with Gasteiger partial charge in [-0.2, -0.15) is 4.31 Å². The Balaban J connectivity index is 1.47. The summed E-state index contributed by atoms with van der Waals surface area (Å²) in [5.41, 5.74) is 0.684. The summed E-state index contributed by atoms with van der Waals surface area (Å²) < 4.78 is 64.9. The van der Waals surface area contributed by atoms with E-state index in [-0.39, 0.29) is 23.8 Å². The highest BCUT2D eigenvalue weighted by molar-refractivity contribution is 9.10. The zero-order valence-corrected chi connectivity index (χ0v) is 19.4. The normalized spacial score (nSPS) is 15.8. The smallest absolute Gasteiger partial charge is 0.243 e. The maximum Gasteiger partial charge on any atom is 0.243 e. The first-order valence-corrected chi connectivity index (χ1v) is 13.2. The zero-order valence-electron chi connectivity index (χ0n) is 16.2. The van der Waals surface area contributed by atoms with Gasteiger partial charge in [0.05, 0.1) is 23.9 Å². The Kier molecular flexibility index (Phi) is 7.88. The van der Waals surface area contributed by atoms with Crippen LogP contribution < -0.4 is 9.46 Å². The minimum atomic E-state index is -3.55. The largest absolute Gasteiger partial charge is 0.492 e. The van der Waals surface area contributed by atoms with Crippen LogP contribution in [0.2, 0.25) is 0 Å². The predicted octanol–water partition coefficient (Wildman–Crippen LogP) is 1.97. The molecule has 1 N–H and O–H groups in total. The third-order valence-electron chi connectivity index (χ3n) is 4.39. The van der Waals surface area contributed by atoms with Gasteiger partial charge in [0.2, 0.25) is 20.0 Å². The van der Waals surface area contributed by atoms with Crippen LogP contribution >= 0.6 is 15.9 Å². The van der Waals surface area contributed by atoms with Crippen LogP contribution in [0.4, 0.5) is 0 Å². The van der Waals surface area contributed by atoms with Crippen LogP contribution in [0.5, 0.6) is 5.75 Å². The molecular formula is C19H23BrN2O6S2. The van der Waals surface area contributed by atoms with Gasteiger partial charge in [-0.05, 0) is 42.0 Å². The molecule has 1 saturated heterocycles. The SMILES string of the molecule is O=S(=O)(Cc1ccc(Br)cc1)NCCOc1ccc(S(=O)(=O)N2CCOCC2)cc1. The summed E-state index contributed by atoms with van der Waals surface area (Å²) in [4.78, 5) is 0.187. The summed E-state index contributed by atoms with van der Waals surface area (Å²) in [6.45, 7) is 1.67. The van der Waals surface area contributed by atoms with Crippen molar-refractivity contribution in [2.45, 2.75) is 10.6 Å². The van der Waals surface area contributed by atoms with Gasteiger partial charge in [-0.15, -0.1) is 0 Å². The van der Waals surface area contributed by atoms with E-state index < -0.39 is 20.0 Å². The van der Waals surface area contributed by atoms with E-state index >= 15 is 0 Å². The highest BCUT2D eigenvalue weighted by Gasteiger charge is 2.26. The van der Waals surface area contributed by atoms with Crippen LogP contribution in [0.15, 0.2) is 57.9 Å². The van der Waals surface area contributed by atoms with Crippen molar-refractivity contribution in [3.63, 3.8) is 0 Å². The average molecular weight is 519 g/mol. The number of morpholine rings is 1. The lowest BCUT2D eigenvalue weighted by atomic mass is 10.2. The number of nitrogens with zero attached hydrogens (tertiary/aromatic N) is 1. The van der Waals surface area contributed by atoms with Crippen LogP contribution in [0.1, 0.15) is 5.56 Å². The van der Waals surface area contributed by atoms with E-state index in [0.717, 1.165) is 4.47 Å². The number of halogens is 1. The Labute approximate surface area is 185 Å². The molecule has 2 aromatic rings. The fourth-order valence-electron chi connectivity index (χ4n) is 2.86. The molecule has 0 spiro atoms. The van der Waals surface area contributed by atoms with Crippen molar-refractivity contribution in [3.8, 4) is 5.75 Å². The second-order valence-corrected chi connectivity index (χ2v) is 11.3. The summed E-state index contributed by atoms with van der Waals surface area (Å²) >= 11 is 3.31. The van der Waals surface area contributed by atoms with E-state index in [4.69, 9.17) is 9.47 Å². The first-order chi connectivity index (χ1) is 14.3. The number of hydrogen-bond acceptors (Lipinski definition) is 6. The molecule has 0 aliphatic carbocycles. The van der Waals surface area contributed by atoms with Gasteiger partial charge in [0, 0.05) is 24.1 Å². The van der Waals surface area contributed by atoms with Crippen molar-refractivity contribution in [3.05, 3.63) is 58.6 Å². The molecule has 0 radical (unpaired) electrons. The van der Waals surface area contributed by atoms with Gasteiger partial charge < -0.3 is 9.47 Å². The van der Waals surface area contributed by atoms with Gasteiger partial charge in [0.1, 0.15) is 12.4 Å². The molecular weight excluding hydrogens is 496 g/mol. The molecule has 11 heteroatoms. The van der Waals surface area contributed by atoms with Gasteiger partial charge >= 0.3 is 0 Å². The van der Waals surface area contributed by atoms with E-state index in [1.165, 1.54) is 16.4 Å². The molecule has 0 aromatic heterocycles. The molecule has 1 fully saturated rings. The number of ether oxygens (including phenoxy) is 2. The van der Waals surface area contributed by atoms with Gasteiger partial charge in [-0.25, -0.2) is 21.6 Å². The Bertz CT molecular complexity index is 1040. The summed E-state index contributed by atoms with van der Waals surface area (Å²) in [5.74, 6) is 0.344. The van der Waals surface area contributed by atoms with E-state index in [9.17, 15) is 16.8 Å². The van der Waals surface area contributed by atoms with Crippen molar-refractivity contribution in [2.75, 3.05) is 39.5 Å². The summed E-state index contributed by atoms with van der Waals surface area (Å²) in [5, 5.41) is 0. The Hall–Kier alpha value is -1.50. The van der Waals surface area contributed by atoms with Crippen molar-refractivity contribution in [2.24, 2.45) is 0 Å². The standard InChI is InChI=1S/C19H23BrN2O6S2/c20-17-3-1-16(2-4-17)15-29(23,24)21-9-12-28-18-5-7-19(8-6-18)30(25,26)22-10-13-27-14-11-22/h1-8,21H,9-15H2. The molecule has 1 aliphatic rings. The molecule has 0 atom stereocenters. The first-order valence-electron chi connectivity index (χ1n) is 9.29. The maximum absolute atomic E-state index is 12.6. The maximum atomic E-state index is 12.6. The third-order valence-corrected chi connectivity index (χ3v) is 8.19. The number of rotatable bonds is 9. The van der Waals surface area contributed by atoms with E-state index in [2.05, 4.69) is 20.7 Å². The highest BCUT2D eigenvalue weighted by atomic mass is 79.9. The summed E-state index contributed by atoms with van der Waals surface area (Å²) in [6, 6.07) is 13.1. The highest BCUT2D eigenvalue weighted by Crippen LogP contribution is 2.20. The fourth-order valence-corrected chi connectivity index (χ4v) is 5.66. The minimum Gasteiger partial charge on any atom is -0.492 e.